The SMILES string of the molecule is CC(C)C(NC(=O)CCOCCOCCOCCOCCNC(=O)C(N)CCCCN(C)C)C(=O)NC(CCCNC(N)=O)C(N)=O.OOCc1ccccc1.[CH3-].[CH3-].[Y]. The number of ether oxygens (including phenoxy) is 4. The molecular weight excluding hydrogens is 845 g/mol. The van der Waals surface area contributed by atoms with Gasteiger partial charge in [-0.05, 0) is 57.8 Å². The van der Waals surface area contributed by atoms with Gasteiger partial charge in [-0.15, -0.1) is 0 Å². The van der Waals surface area contributed by atoms with Crippen molar-refractivity contribution in [3.05, 3.63) is 50.7 Å². The second-order valence-electron chi connectivity index (χ2n) is 13.3. The van der Waals surface area contributed by atoms with Crippen LogP contribution >= 0.6 is 0 Å². The number of urea groups is 1. The van der Waals surface area contributed by atoms with Crippen LogP contribution in [0.3, 0.4) is 0 Å². The van der Waals surface area contributed by atoms with Crippen LogP contribution in [0.2, 0.25) is 0 Å². The van der Waals surface area contributed by atoms with Crippen LogP contribution < -0.4 is 38.5 Å². The van der Waals surface area contributed by atoms with Gasteiger partial charge < -0.3 is 77.2 Å². The normalized spacial score (nSPS) is 11.9. The van der Waals surface area contributed by atoms with Gasteiger partial charge in [0.25, 0.3) is 0 Å². The van der Waals surface area contributed by atoms with E-state index in [1.807, 2.05) is 44.4 Å². The van der Waals surface area contributed by atoms with Gasteiger partial charge in [-0.1, -0.05) is 50.6 Å². The van der Waals surface area contributed by atoms with Crippen molar-refractivity contribution in [2.45, 2.75) is 77.1 Å². The van der Waals surface area contributed by atoms with Gasteiger partial charge in [-0.3, -0.25) is 24.4 Å². The molecule has 0 aliphatic carbocycles. The number of nitrogens with two attached hydrogens (primary N) is 3. The van der Waals surface area contributed by atoms with E-state index in [9.17, 15) is 24.0 Å². The number of rotatable bonds is 32. The predicted molar refractivity (Wildman–Crippen MR) is 223 cm³/mol. The summed E-state index contributed by atoms with van der Waals surface area (Å²) in [6, 6.07) is 6.46. The van der Waals surface area contributed by atoms with Crippen LogP contribution in [-0.4, -0.2) is 145 Å². The number of nitrogens with zero attached hydrogens (tertiary/aromatic N) is 1. The molecule has 0 aromatic heterocycles. The minimum atomic E-state index is -0.957. The topological polar surface area (TPSA) is 281 Å². The van der Waals surface area contributed by atoms with E-state index >= 15 is 0 Å². The molecule has 341 valence electrons. The third kappa shape index (κ3) is 37.9. The maximum atomic E-state index is 12.8. The number of amides is 6. The van der Waals surface area contributed by atoms with Gasteiger partial charge in [0.2, 0.25) is 23.6 Å². The van der Waals surface area contributed by atoms with Gasteiger partial charge in [0, 0.05) is 52.2 Å². The maximum Gasteiger partial charge on any atom is 0.312 e. The number of benzene rings is 1. The van der Waals surface area contributed by atoms with E-state index in [0.717, 1.165) is 24.9 Å². The zero-order valence-corrected chi connectivity index (χ0v) is 39.0. The molecule has 3 atom stereocenters. The molecule has 0 spiro atoms. The summed E-state index contributed by atoms with van der Waals surface area (Å²) < 4.78 is 21.8. The van der Waals surface area contributed by atoms with E-state index in [1.54, 1.807) is 13.8 Å². The fourth-order valence-electron chi connectivity index (χ4n) is 4.72. The van der Waals surface area contributed by atoms with Crippen LogP contribution in [0.5, 0.6) is 0 Å². The van der Waals surface area contributed by atoms with Crippen molar-refractivity contribution >= 4 is 29.7 Å². The Morgan fingerprint density at radius 2 is 1.29 bits per heavy atom. The average molecular weight is 920 g/mol. The number of nitrogens with one attached hydrogen (secondary N) is 4. The molecule has 3 unspecified atom stereocenters. The van der Waals surface area contributed by atoms with E-state index in [1.165, 1.54) is 0 Å². The van der Waals surface area contributed by atoms with Crippen molar-refractivity contribution in [3.63, 3.8) is 0 Å². The Morgan fingerprint density at radius 3 is 1.80 bits per heavy atom. The molecule has 0 fully saturated rings. The first-order valence-electron chi connectivity index (χ1n) is 19.0. The van der Waals surface area contributed by atoms with Crippen molar-refractivity contribution in [3.8, 4) is 0 Å². The third-order valence-corrected chi connectivity index (χ3v) is 7.81. The number of unbranched alkanes of at least 4 members (excludes halogenated alkanes) is 1. The van der Waals surface area contributed by atoms with Crippen LogP contribution in [0.1, 0.15) is 57.9 Å². The van der Waals surface area contributed by atoms with Crippen molar-refractivity contribution in [1.29, 1.82) is 0 Å². The van der Waals surface area contributed by atoms with Crippen LogP contribution in [-0.2, 0) is 82.3 Å². The summed E-state index contributed by atoms with van der Waals surface area (Å²) in [5.74, 6) is -2.05. The maximum absolute atomic E-state index is 12.8. The zero-order chi connectivity index (χ0) is 42.0. The fourth-order valence-corrected chi connectivity index (χ4v) is 4.72. The van der Waals surface area contributed by atoms with Crippen molar-refractivity contribution in [2.24, 2.45) is 23.1 Å². The Hall–Kier alpha value is -2.85. The summed E-state index contributed by atoms with van der Waals surface area (Å²) in [6.07, 6.45) is 3.18. The fraction of sp³-hybridized carbons (Fsp3) is 0.667. The first-order chi connectivity index (χ1) is 26.8. The molecular formula is C39H74N8O11Y-2. The second kappa shape index (κ2) is 41.9. The van der Waals surface area contributed by atoms with Gasteiger partial charge in [0.05, 0.1) is 58.9 Å². The Morgan fingerprint density at radius 1 is 0.729 bits per heavy atom. The minimum absolute atomic E-state index is 0. The van der Waals surface area contributed by atoms with E-state index in [0.29, 0.717) is 59.0 Å². The molecule has 20 heteroatoms. The monoisotopic (exact) mass is 919 g/mol. The molecule has 0 saturated carbocycles. The van der Waals surface area contributed by atoms with Gasteiger partial charge in [0.1, 0.15) is 18.7 Å². The van der Waals surface area contributed by atoms with Gasteiger partial charge >= 0.3 is 6.03 Å². The van der Waals surface area contributed by atoms with Crippen LogP contribution in [0.4, 0.5) is 4.79 Å². The summed E-state index contributed by atoms with van der Waals surface area (Å²) in [5.41, 5.74) is 17.3. The smallest absolute Gasteiger partial charge is 0.312 e. The molecule has 59 heavy (non-hydrogen) atoms. The predicted octanol–water partition coefficient (Wildman–Crippen LogP) is 0.752. The minimum Gasteiger partial charge on any atom is -0.379 e. The molecule has 1 radical (unpaired) electrons. The Kier molecular flexibility index (Phi) is 44.6. The van der Waals surface area contributed by atoms with E-state index in [-0.39, 0.29) is 105 Å². The molecule has 1 aromatic rings. The number of primary amides is 2. The zero-order valence-electron chi connectivity index (χ0n) is 36.2. The molecule has 1 rings (SSSR count). The van der Waals surface area contributed by atoms with Crippen LogP contribution in [0.15, 0.2) is 30.3 Å². The molecule has 0 aliphatic rings. The summed E-state index contributed by atoms with van der Waals surface area (Å²) in [7, 11) is 4.03. The first-order valence-corrected chi connectivity index (χ1v) is 19.0. The van der Waals surface area contributed by atoms with E-state index < -0.39 is 36.0 Å². The summed E-state index contributed by atoms with van der Waals surface area (Å²) in [4.78, 5) is 65.7. The average Bonchev–Trinajstić information content (AvgIpc) is 3.15. The number of carbonyl (C=O) groups is 5. The van der Waals surface area contributed by atoms with Gasteiger partial charge in [-0.25, -0.2) is 9.68 Å². The summed E-state index contributed by atoms with van der Waals surface area (Å²) in [6.45, 7) is 8.01. The number of hydrogen-bond acceptors (Lipinski definition) is 13. The van der Waals surface area contributed by atoms with Crippen LogP contribution in [0, 0.1) is 20.8 Å². The molecule has 6 amide bonds. The molecule has 19 nitrogen and oxygen atoms in total. The largest absolute Gasteiger partial charge is 0.379 e. The van der Waals surface area contributed by atoms with Crippen LogP contribution in [0.25, 0.3) is 0 Å². The van der Waals surface area contributed by atoms with Gasteiger partial charge in [0.15, 0.2) is 0 Å². The Balaban J connectivity index is -0.00000110. The number of carbonyl (C=O) groups excluding carboxylic acids is 5. The molecule has 0 aliphatic heterocycles. The first kappa shape index (κ1) is 62.8. The molecule has 0 saturated heterocycles. The Labute approximate surface area is 377 Å². The summed E-state index contributed by atoms with van der Waals surface area (Å²) >= 11 is 0. The van der Waals surface area contributed by atoms with E-state index in [2.05, 4.69) is 31.1 Å². The Bertz CT molecular complexity index is 1210. The quantitative estimate of drug-likeness (QED) is 0.0215. The third-order valence-electron chi connectivity index (χ3n) is 7.81. The van der Waals surface area contributed by atoms with Gasteiger partial charge in [-0.2, -0.15) is 0 Å². The number of hydrogen-bond donors (Lipinski definition) is 8. The second-order valence-corrected chi connectivity index (χ2v) is 13.3. The molecule has 11 N–H and O–H groups in total. The molecule has 0 bridgehead atoms. The van der Waals surface area contributed by atoms with Crippen molar-refractivity contribution in [2.75, 3.05) is 86.6 Å². The molecule has 0 heterocycles. The standard InChI is InChI=1S/C30H60N8O9.C7H8O2.2CH3.Y/c1-22(2)26(29(42)36-24(27(32)40)9-7-11-35-30(33)43)37-25(39)10-14-44-16-18-46-20-21-47-19-17-45-15-12-34-28(41)23(31)8-5-6-13-38(3)4;8-9-6-7-4-2-1-3-5-7;;;/h22-24,26H,5-21,31H2,1-4H3,(H2,32,40)(H,34,41)(H,36,42)(H,37,39)(H3,33,35,43);1-5,8H,6H2;2*1H3;/q;;2*-1;. The molecule has 1 aromatic carbocycles. The van der Waals surface area contributed by atoms with E-state index in [4.69, 9.17) is 41.4 Å². The summed E-state index contributed by atoms with van der Waals surface area (Å²) in [5, 5.41) is 18.4. The van der Waals surface area contributed by atoms with Crippen molar-refractivity contribution < 1.29 is 85.8 Å². The van der Waals surface area contributed by atoms with Crippen molar-refractivity contribution in [1.82, 2.24) is 26.2 Å².